The van der Waals surface area contributed by atoms with Crippen LogP contribution in [0.5, 0.6) is 0 Å². The Balaban J connectivity index is 1.32. The van der Waals surface area contributed by atoms with Gasteiger partial charge in [-0.1, -0.05) is 115 Å². The lowest BCUT2D eigenvalue weighted by molar-refractivity contribution is 0.670. The van der Waals surface area contributed by atoms with Crippen LogP contribution in [0.15, 0.2) is 150 Å². The minimum absolute atomic E-state index is 0.0161. The normalized spacial score (nSPS) is 14.8. The Hall–Kier alpha value is -6.07. The van der Waals surface area contributed by atoms with Crippen LogP contribution >= 0.6 is 0 Å². The number of benzene rings is 6. The summed E-state index contributed by atoms with van der Waals surface area (Å²) >= 11 is 0. The van der Waals surface area contributed by atoms with Crippen molar-refractivity contribution in [2.75, 3.05) is 0 Å². The molecule has 0 bridgehead atoms. The molecular formula is C39H24N4O. The van der Waals surface area contributed by atoms with E-state index in [9.17, 15) is 0 Å². The van der Waals surface area contributed by atoms with Crippen LogP contribution in [-0.4, -0.2) is 19.5 Å². The molecule has 0 saturated carbocycles. The van der Waals surface area contributed by atoms with Gasteiger partial charge in [0.2, 0.25) is 5.95 Å². The van der Waals surface area contributed by atoms with Crippen LogP contribution in [0, 0.1) is 0 Å². The number of fused-ring (bicyclic) bond motifs is 6. The van der Waals surface area contributed by atoms with Crippen molar-refractivity contribution >= 4 is 43.7 Å². The highest BCUT2D eigenvalue weighted by atomic mass is 16.3. The lowest BCUT2D eigenvalue weighted by Gasteiger charge is -2.11. The maximum Gasteiger partial charge on any atom is 0.238 e. The number of furan rings is 1. The molecule has 0 unspecified atom stereocenters. The molecule has 0 spiro atoms. The van der Waals surface area contributed by atoms with E-state index >= 15 is 0 Å². The molecular weight excluding hydrogens is 540 g/mol. The zero-order valence-corrected chi connectivity index (χ0v) is 22.8. The van der Waals surface area contributed by atoms with E-state index in [0.29, 0.717) is 33.1 Å². The van der Waals surface area contributed by atoms with Gasteiger partial charge in [0.25, 0.3) is 0 Å². The summed E-state index contributed by atoms with van der Waals surface area (Å²) in [7, 11) is 0. The minimum atomic E-state index is -0.536. The van der Waals surface area contributed by atoms with E-state index in [-0.39, 0.29) is 40.8 Å². The first kappa shape index (κ1) is 16.5. The van der Waals surface area contributed by atoms with Gasteiger partial charge in [0.05, 0.1) is 24.7 Å². The summed E-state index contributed by atoms with van der Waals surface area (Å²) in [5.74, 6) is 0.205. The molecule has 0 aliphatic carbocycles. The first-order valence-corrected chi connectivity index (χ1v) is 13.8. The van der Waals surface area contributed by atoms with E-state index in [2.05, 4.69) is 0 Å². The third-order valence-corrected chi connectivity index (χ3v) is 7.65. The smallest absolute Gasteiger partial charge is 0.238 e. The van der Waals surface area contributed by atoms with Crippen molar-refractivity contribution < 1.29 is 18.1 Å². The van der Waals surface area contributed by atoms with Crippen LogP contribution in [0.1, 0.15) is 13.7 Å². The van der Waals surface area contributed by atoms with Crippen LogP contribution in [0.25, 0.3) is 83.6 Å². The van der Waals surface area contributed by atoms with Crippen LogP contribution in [0.3, 0.4) is 0 Å². The molecule has 5 nitrogen and oxygen atoms in total. The SMILES string of the molecule is [2H]c1c([2H])c([2H])c(-c2nc(-c3ccc4oc5c(-c6c([2H])c([2H])c([2H])c([2H])c6[2H])cccc5c4c3)nc(-n3c4ccccc4c4ccccc43)n2)c([2H])c1[2H]. The van der Waals surface area contributed by atoms with Gasteiger partial charge in [0.1, 0.15) is 11.2 Å². The number of rotatable bonds is 4. The van der Waals surface area contributed by atoms with E-state index in [4.69, 9.17) is 33.1 Å². The van der Waals surface area contributed by atoms with Crippen molar-refractivity contribution in [2.45, 2.75) is 0 Å². The van der Waals surface area contributed by atoms with Gasteiger partial charge in [-0.2, -0.15) is 9.97 Å². The summed E-state index contributed by atoms with van der Waals surface area (Å²) in [4.78, 5) is 14.4. The fraction of sp³-hybridized carbons (Fsp3) is 0. The first-order valence-electron chi connectivity index (χ1n) is 18.8. The molecule has 0 aliphatic rings. The topological polar surface area (TPSA) is 56.7 Å². The summed E-state index contributed by atoms with van der Waals surface area (Å²) in [6.07, 6.45) is 0. The molecule has 0 saturated heterocycles. The van der Waals surface area contributed by atoms with Crippen LogP contribution in [0.2, 0.25) is 0 Å². The van der Waals surface area contributed by atoms with Gasteiger partial charge in [-0.25, -0.2) is 4.98 Å². The molecule has 0 aliphatic heterocycles. The maximum atomic E-state index is 8.74. The number of aromatic nitrogens is 4. The summed E-state index contributed by atoms with van der Waals surface area (Å²) in [6.45, 7) is 0. The second-order valence-corrected chi connectivity index (χ2v) is 10.1. The maximum absolute atomic E-state index is 8.74. The van der Waals surface area contributed by atoms with Crippen molar-refractivity contribution in [3.05, 3.63) is 145 Å². The van der Waals surface area contributed by atoms with Gasteiger partial charge in [-0.05, 0) is 35.9 Å². The Kier molecular flexibility index (Phi) is 3.66. The first-order chi connectivity index (χ1) is 26.0. The predicted octanol–water partition coefficient (Wildman–Crippen LogP) is 9.87. The minimum Gasteiger partial charge on any atom is -0.455 e. The standard InChI is InChI=1S/C39H24N4O/c1-3-12-25(13-4-1)28-18-11-19-31-32-24-27(22-23-35(32)44-36(28)31)38-40-37(26-14-5-2-6-15-26)41-39(42-38)43-33-20-9-7-16-29(33)30-17-8-10-21-34(30)43/h1-24H/i1D,2D,3D,4D,5D,6D,12D,13D,14D,15D. The third-order valence-electron chi connectivity index (χ3n) is 7.65. The monoisotopic (exact) mass is 574 g/mol. The molecule has 3 aromatic heterocycles. The summed E-state index contributed by atoms with van der Waals surface area (Å²) < 4.78 is 92.1. The molecule has 0 amide bonds. The summed E-state index contributed by atoms with van der Waals surface area (Å²) in [5, 5.41) is 3.12. The Morgan fingerprint density at radius 2 is 1.14 bits per heavy atom. The molecule has 0 N–H and O–H groups in total. The molecule has 3 heterocycles. The fourth-order valence-corrected chi connectivity index (χ4v) is 5.72. The van der Waals surface area contributed by atoms with Crippen molar-refractivity contribution in [1.29, 1.82) is 0 Å². The van der Waals surface area contributed by atoms with Crippen molar-refractivity contribution in [3.63, 3.8) is 0 Å². The second kappa shape index (κ2) is 9.75. The Morgan fingerprint density at radius 1 is 0.523 bits per heavy atom. The molecule has 0 fully saturated rings. The van der Waals surface area contributed by atoms with E-state index in [0.717, 1.165) is 21.8 Å². The molecule has 9 rings (SSSR count). The van der Waals surface area contributed by atoms with Gasteiger partial charge in [0.15, 0.2) is 11.6 Å². The van der Waals surface area contributed by atoms with Crippen LogP contribution in [-0.2, 0) is 0 Å². The molecule has 5 heteroatoms. The Bertz CT molecular complexity index is 2970. The highest BCUT2D eigenvalue weighted by Crippen LogP contribution is 2.38. The number of para-hydroxylation sites is 3. The van der Waals surface area contributed by atoms with E-state index < -0.39 is 48.3 Å². The number of hydrogen-bond donors (Lipinski definition) is 0. The van der Waals surface area contributed by atoms with Gasteiger partial charge in [-0.15, -0.1) is 0 Å². The van der Waals surface area contributed by atoms with E-state index in [1.54, 1.807) is 36.4 Å². The molecule has 206 valence electrons. The Labute approximate surface area is 266 Å². The zero-order valence-electron chi connectivity index (χ0n) is 32.8. The Morgan fingerprint density at radius 3 is 1.84 bits per heavy atom. The molecule has 0 radical (unpaired) electrons. The lowest BCUT2D eigenvalue weighted by Crippen LogP contribution is -2.06. The summed E-state index contributed by atoms with van der Waals surface area (Å²) in [6, 6.07) is 21.3. The van der Waals surface area contributed by atoms with Gasteiger partial charge in [-0.3, -0.25) is 4.57 Å². The molecule has 0 atom stereocenters. The van der Waals surface area contributed by atoms with E-state index in [1.807, 2.05) is 53.1 Å². The zero-order chi connectivity index (χ0) is 37.7. The predicted molar refractivity (Wildman–Crippen MR) is 178 cm³/mol. The quantitative estimate of drug-likeness (QED) is 0.210. The van der Waals surface area contributed by atoms with Gasteiger partial charge in [0, 0.05) is 38.2 Å². The highest BCUT2D eigenvalue weighted by molar-refractivity contribution is 6.11. The average molecular weight is 575 g/mol. The summed E-state index contributed by atoms with van der Waals surface area (Å²) in [5.41, 5.74) is 3.03. The molecule has 9 aromatic rings. The second-order valence-electron chi connectivity index (χ2n) is 10.1. The van der Waals surface area contributed by atoms with E-state index in [1.165, 1.54) is 0 Å². The fourth-order valence-electron chi connectivity index (χ4n) is 5.72. The van der Waals surface area contributed by atoms with Crippen molar-refractivity contribution in [1.82, 2.24) is 19.5 Å². The van der Waals surface area contributed by atoms with Crippen LogP contribution in [0.4, 0.5) is 0 Å². The van der Waals surface area contributed by atoms with Gasteiger partial charge >= 0.3 is 0 Å². The average Bonchev–Trinajstić information content (AvgIpc) is 3.74. The van der Waals surface area contributed by atoms with Crippen molar-refractivity contribution in [2.24, 2.45) is 0 Å². The lowest BCUT2D eigenvalue weighted by atomic mass is 10.0. The third kappa shape index (κ3) is 3.83. The molecule has 44 heavy (non-hydrogen) atoms. The molecule has 6 aromatic carbocycles. The number of nitrogens with zero attached hydrogens (tertiary/aromatic N) is 4. The highest BCUT2D eigenvalue weighted by Gasteiger charge is 2.19. The van der Waals surface area contributed by atoms with Crippen molar-refractivity contribution in [3.8, 4) is 39.9 Å². The number of hydrogen-bond acceptors (Lipinski definition) is 4. The van der Waals surface area contributed by atoms with Crippen LogP contribution < -0.4 is 0 Å². The van der Waals surface area contributed by atoms with Gasteiger partial charge < -0.3 is 4.42 Å². The largest absolute Gasteiger partial charge is 0.455 e.